The van der Waals surface area contributed by atoms with Gasteiger partial charge in [-0.15, -0.1) is 0 Å². The lowest BCUT2D eigenvalue weighted by molar-refractivity contribution is -0.132. The smallest absolute Gasteiger partial charge is 0.260 e. The number of aryl methyl sites for hydroxylation is 1. The van der Waals surface area contributed by atoms with Crippen molar-refractivity contribution < 1.29 is 19.4 Å². The van der Waals surface area contributed by atoms with E-state index < -0.39 is 0 Å². The number of hydrogen-bond acceptors (Lipinski definition) is 7. The molecule has 0 aliphatic carbocycles. The summed E-state index contributed by atoms with van der Waals surface area (Å²) >= 11 is 0. The summed E-state index contributed by atoms with van der Waals surface area (Å²) in [4.78, 5) is 39.2. The molecule has 176 valence electrons. The molecular formula is C25H27N5O4. The van der Waals surface area contributed by atoms with Crippen molar-refractivity contribution in [1.29, 1.82) is 0 Å². The highest BCUT2D eigenvalue weighted by atomic mass is 16.5. The molecular weight excluding hydrogens is 434 g/mol. The first-order chi connectivity index (χ1) is 16.5. The molecule has 4 rings (SSSR count). The number of ether oxygens (including phenoxy) is 1. The summed E-state index contributed by atoms with van der Waals surface area (Å²) < 4.78 is 5.61. The highest BCUT2D eigenvalue weighted by Crippen LogP contribution is 2.24. The van der Waals surface area contributed by atoms with E-state index in [1.807, 2.05) is 6.07 Å². The van der Waals surface area contributed by atoms with Crippen molar-refractivity contribution in [2.24, 2.45) is 0 Å². The average molecular weight is 462 g/mol. The van der Waals surface area contributed by atoms with Crippen molar-refractivity contribution in [2.75, 3.05) is 25.0 Å². The molecule has 9 nitrogen and oxygen atoms in total. The van der Waals surface area contributed by atoms with E-state index in [0.29, 0.717) is 34.2 Å². The normalized spacial score (nSPS) is 13.0. The first-order valence-corrected chi connectivity index (χ1v) is 11.3. The maximum Gasteiger partial charge on any atom is 0.260 e. The van der Waals surface area contributed by atoms with Crippen LogP contribution in [-0.4, -0.2) is 56.5 Å². The summed E-state index contributed by atoms with van der Waals surface area (Å²) in [6.45, 7) is 3.31. The van der Waals surface area contributed by atoms with Crippen LogP contribution in [0, 0.1) is 6.92 Å². The van der Waals surface area contributed by atoms with Gasteiger partial charge in [0.1, 0.15) is 11.4 Å². The molecule has 0 unspecified atom stereocenters. The number of carbonyl (C=O) groups excluding carboxylic acids is 2. The molecule has 1 fully saturated rings. The minimum atomic E-state index is -0.224. The van der Waals surface area contributed by atoms with Crippen molar-refractivity contribution in [3.8, 4) is 23.1 Å². The molecule has 3 aromatic rings. The van der Waals surface area contributed by atoms with Crippen molar-refractivity contribution in [2.45, 2.75) is 32.6 Å². The Bertz CT molecular complexity index is 1140. The third-order valence-electron chi connectivity index (χ3n) is 5.63. The molecule has 1 aliphatic rings. The van der Waals surface area contributed by atoms with E-state index in [1.165, 1.54) is 0 Å². The molecule has 3 heterocycles. The summed E-state index contributed by atoms with van der Waals surface area (Å²) in [5, 5.41) is 13.2. The van der Waals surface area contributed by atoms with Gasteiger partial charge < -0.3 is 20.1 Å². The van der Waals surface area contributed by atoms with Gasteiger partial charge in [-0.1, -0.05) is 12.1 Å². The SMILES string of the molecule is Cc1nc(-c2ccccn2)nc(O)c1CCC(=O)Nc1cccc(OCC(=O)N2CCCC2)c1. The largest absolute Gasteiger partial charge is 0.493 e. The maximum atomic E-state index is 12.5. The molecule has 34 heavy (non-hydrogen) atoms. The molecule has 2 amide bonds. The number of benzene rings is 1. The van der Waals surface area contributed by atoms with Crippen LogP contribution in [0.4, 0.5) is 5.69 Å². The van der Waals surface area contributed by atoms with Crippen LogP contribution < -0.4 is 10.1 Å². The van der Waals surface area contributed by atoms with Crippen molar-refractivity contribution in [3.63, 3.8) is 0 Å². The fraction of sp³-hybridized carbons (Fsp3) is 0.320. The average Bonchev–Trinajstić information content (AvgIpc) is 3.38. The number of aromatic hydroxyl groups is 1. The molecule has 0 radical (unpaired) electrons. The zero-order valence-corrected chi connectivity index (χ0v) is 19.0. The number of likely N-dealkylation sites (tertiary alicyclic amines) is 1. The molecule has 0 spiro atoms. The standard InChI is InChI=1S/C25H27N5O4/c1-17-20(25(33)29-24(27-17)21-9-2-3-12-26-21)10-11-22(31)28-18-7-6-8-19(15-18)34-16-23(32)30-13-4-5-14-30/h2-3,6-9,12,15H,4-5,10-11,13-14,16H2,1H3,(H,28,31)(H,27,29,33). The quantitative estimate of drug-likeness (QED) is 0.529. The van der Waals surface area contributed by atoms with Crippen molar-refractivity contribution in [1.82, 2.24) is 19.9 Å². The third kappa shape index (κ3) is 5.86. The van der Waals surface area contributed by atoms with Gasteiger partial charge in [0, 0.05) is 48.7 Å². The minimum absolute atomic E-state index is 0.0234. The lowest BCUT2D eigenvalue weighted by Gasteiger charge is -2.15. The number of amides is 2. The Morgan fingerprint density at radius 3 is 2.68 bits per heavy atom. The third-order valence-corrected chi connectivity index (χ3v) is 5.63. The summed E-state index contributed by atoms with van der Waals surface area (Å²) in [7, 11) is 0. The number of carbonyl (C=O) groups is 2. The van der Waals surface area contributed by atoms with Gasteiger partial charge in [-0.2, -0.15) is 4.98 Å². The second-order valence-electron chi connectivity index (χ2n) is 8.10. The lowest BCUT2D eigenvalue weighted by Crippen LogP contribution is -2.32. The fourth-order valence-electron chi connectivity index (χ4n) is 3.81. The van der Waals surface area contributed by atoms with Crippen LogP contribution in [0.5, 0.6) is 11.6 Å². The van der Waals surface area contributed by atoms with Gasteiger partial charge in [0.2, 0.25) is 11.8 Å². The maximum absolute atomic E-state index is 12.5. The Hall–Kier alpha value is -4.01. The van der Waals surface area contributed by atoms with Gasteiger partial charge in [0.05, 0.1) is 0 Å². The summed E-state index contributed by atoms with van der Waals surface area (Å²) in [5.74, 6) is 0.441. The van der Waals surface area contributed by atoms with Crippen LogP contribution in [0.2, 0.25) is 0 Å². The van der Waals surface area contributed by atoms with E-state index in [4.69, 9.17) is 4.74 Å². The molecule has 2 aromatic heterocycles. The van der Waals surface area contributed by atoms with E-state index in [2.05, 4.69) is 20.3 Å². The van der Waals surface area contributed by atoms with Gasteiger partial charge in [-0.05, 0) is 50.5 Å². The van der Waals surface area contributed by atoms with E-state index in [0.717, 1.165) is 25.9 Å². The number of nitrogens with zero attached hydrogens (tertiary/aromatic N) is 4. The number of rotatable bonds is 8. The monoisotopic (exact) mass is 461 g/mol. The predicted octanol–water partition coefficient (Wildman–Crippen LogP) is 3.13. The summed E-state index contributed by atoms with van der Waals surface area (Å²) in [6, 6.07) is 12.3. The second-order valence-corrected chi connectivity index (χ2v) is 8.10. The van der Waals surface area contributed by atoms with Crippen LogP contribution in [0.15, 0.2) is 48.7 Å². The molecule has 2 N–H and O–H groups in total. The van der Waals surface area contributed by atoms with Gasteiger partial charge in [-0.25, -0.2) is 4.98 Å². The molecule has 0 saturated carbocycles. The van der Waals surface area contributed by atoms with Crippen molar-refractivity contribution >= 4 is 17.5 Å². The Morgan fingerprint density at radius 2 is 1.94 bits per heavy atom. The molecule has 1 saturated heterocycles. The van der Waals surface area contributed by atoms with E-state index in [9.17, 15) is 14.7 Å². The highest BCUT2D eigenvalue weighted by Gasteiger charge is 2.18. The van der Waals surface area contributed by atoms with Crippen LogP contribution in [-0.2, 0) is 16.0 Å². The van der Waals surface area contributed by atoms with Gasteiger partial charge >= 0.3 is 0 Å². The van der Waals surface area contributed by atoms with Crippen LogP contribution in [0.25, 0.3) is 11.5 Å². The van der Waals surface area contributed by atoms with E-state index in [-0.39, 0.29) is 37.1 Å². The van der Waals surface area contributed by atoms with E-state index >= 15 is 0 Å². The predicted molar refractivity (Wildman–Crippen MR) is 126 cm³/mol. The number of pyridine rings is 1. The number of hydrogen-bond donors (Lipinski definition) is 2. The zero-order chi connectivity index (χ0) is 23.9. The first kappa shape index (κ1) is 23.2. The molecule has 1 aliphatic heterocycles. The fourth-order valence-corrected chi connectivity index (χ4v) is 3.81. The van der Waals surface area contributed by atoms with Gasteiger partial charge in [0.15, 0.2) is 12.4 Å². The Morgan fingerprint density at radius 1 is 1.12 bits per heavy atom. The molecule has 1 aromatic carbocycles. The first-order valence-electron chi connectivity index (χ1n) is 11.3. The molecule has 0 bridgehead atoms. The second kappa shape index (κ2) is 10.7. The number of nitrogens with one attached hydrogen (secondary N) is 1. The molecule has 0 atom stereocenters. The van der Waals surface area contributed by atoms with E-state index in [1.54, 1.807) is 54.4 Å². The minimum Gasteiger partial charge on any atom is -0.493 e. The molecule has 9 heteroatoms. The van der Waals surface area contributed by atoms with Gasteiger partial charge in [-0.3, -0.25) is 14.6 Å². The topological polar surface area (TPSA) is 118 Å². The zero-order valence-electron chi connectivity index (χ0n) is 19.0. The summed E-state index contributed by atoms with van der Waals surface area (Å²) in [5.41, 5.74) is 2.25. The van der Waals surface area contributed by atoms with Crippen LogP contribution in [0.3, 0.4) is 0 Å². The highest BCUT2D eigenvalue weighted by molar-refractivity contribution is 5.91. The van der Waals surface area contributed by atoms with Crippen LogP contribution >= 0.6 is 0 Å². The number of aromatic nitrogens is 3. The summed E-state index contributed by atoms with van der Waals surface area (Å²) in [6.07, 6.45) is 4.12. The van der Waals surface area contributed by atoms with Gasteiger partial charge in [0.25, 0.3) is 5.91 Å². The van der Waals surface area contributed by atoms with Crippen molar-refractivity contribution in [3.05, 3.63) is 59.9 Å². The number of anilines is 1. The lowest BCUT2D eigenvalue weighted by atomic mass is 10.1. The Kier molecular flexibility index (Phi) is 7.31. The Labute approximate surface area is 197 Å². The Balaban J connectivity index is 1.32. The van der Waals surface area contributed by atoms with Crippen LogP contribution in [0.1, 0.15) is 30.5 Å².